The second kappa shape index (κ2) is 10.6. The van der Waals surface area contributed by atoms with Crippen LogP contribution in [0.15, 0.2) is 36.4 Å². The lowest BCUT2D eigenvalue weighted by Crippen LogP contribution is -2.41. The molecule has 2 aliphatic carbocycles. The second-order valence-electron chi connectivity index (χ2n) is 13.3. The number of imidazole rings is 1. The molecule has 2 aromatic carbocycles. The van der Waals surface area contributed by atoms with Gasteiger partial charge in [0.05, 0.1) is 24.9 Å². The van der Waals surface area contributed by atoms with E-state index in [9.17, 15) is 9.59 Å². The lowest BCUT2D eigenvalue weighted by Gasteiger charge is -2.27. The first-order valence-corrected chi connectivity index (χ1v) is 16.0. The van der Waals surface area contributed by atoms with Crippen LogP contribution in [-0.4, -0.2) is 76.3 Å². The highest BCUT2D eigenvalue weighted by Gasteiger charge is 2.47. The van der Waals surface area contributed by atoms with Crippen molar-refractivity contribution >= 4 is 33.8 Å². The first kappa shape index (κ1) is 27.6. The van der Waals surface area contributed by atoms with Gasteiger partial charge in [0.2, 0.25) is 0 Å². The molecule has 3 N–H and O–H groups in total. The monoisotopic (exact) mass is 596 g/mol. The number of nitrogens with one attached hydrogen (secondary N) is 1. The Balaban J connectivity index is 1.16. The van der Waals surface area contributed by atoms with Crippen LogP contribution >= 0.6 is 0 Å². The molecule has 44 heavy (non-hydrogen) atoms. The maximum atomic E-state index is 13.7. The molecule has 2 aromatic heterocycles. The molecule has 0 radical (unpaired) electrons. The Labute approximate surface area is 256 Å². The van der Waals surface area contributed by atoms with Crippen LogP contribution in [0.5, 0.6) is 5.75 Å². The van der Waals surface area contributed by atoms with Crippen molar-refractivity contribution in [2.75, 3.05) is 33.4 Å². The summed E-state index contributed by atoms with van der Waals surface area (Å²) >= 11 is 0. The molecule has 1 unspecified atom stereocenters. The number of likely N-dealkylation sites (tertiary alicyclic amines) is 1. The van der Waals surface area contributed by atoms with Crippen LogP contribution in [-0.2, 0) is 18.3 Å². The molecule has 4 aromatic rings. The number of aromatic nitrogens is 3. The minimum atomic E-state index is -0.0589. The predicted octanol–water partition coefficient (Wildman–Crippen LogP) is 3.94. The third-order valence-corrected chi connectivity index (χ3v) is 10.4. The van der Waals surface area contributed by atoms with Crippen molar-refractivity contribution in [3.63, 3.8) is 0 Å². The number of benzene rings is 2. The molecule has 2 bridgehead atoms. The van der Waals surface area contributed by atoms with Gasteiger partial charge >= 0.3 is 0 Å². The Morgan fingerprint density at radius 3 is 2.64 bits per heavy atom. The summed E-state index contributed by atoms with van der Waals surface area (Å²) in [5, 5.41) is 4.17. The number of amides is 2. The Hall–Kier alpha value is -3.89. The van der Waals surface area contributed by atoms with E-state index in [4.69, 9.17) is 20.2 Å². The van der Waals surface area contributed by atoms with Crippen LogP contribution in [0.2, 0.25) is 0 Å². The molecule has 10 nitrogen and oxygen atoms in total. The maximum absolute atomic E-state index is 13.7. The number of methoxy groups -OCH3 is 1. The standard InChI is InChI=1S/C34H40N6O4/c1-38-31-25(11-24(14-29(31)43-2)34(42)40-17-23-7-8-26(40)30(23)35)37-32(38)28-12-21-5-6-22(13-27(21)39(28)16-19-3-4-19)33(41)36-15-20-9-10-44-18-20/h5-6,11-14,19-20,23,26,30H,3-4,7-10,15-18,35H2,1-2H3,(H,36,41)/t20?,23-,26-,30-/m1/s1. The summed E-state index contributed by atoms with van der Waals surface area (Å²) in [7, 11) is 3.64. The number of hydrogen-bond acceptors (Lipinski definition) is 6. The normalized spacial score (nSPS) is 24.6. The lowest BCUT2D eigenvalue weighted by molar-refractivity contribution is 0.0700. The SMILES string of the molecule is COc1cc(C(=O)N2C[C@H]3CC[C@@H]2[C@@H]3N)cc2nc(-c3cc4ccc(C(=O)NCC5CCOC5)cc4n3CC3CC3)n(C)c12. The third kappa shape index (κ3) is 4.57. The number of rotatable bonds is 8. The van der Waals surface area contributed by atoms with E-state index in [1.165, 1.54) is 12.8 Å². The average Bonchev–Trinajstić information content (AvgIpc) is 3.38. The van der Waals surface area contributed by atoms with Gasteiger partial charge in [0.15, 0.2) is 5.82 Å². The molecule has 2 saturated carbocycles. The molecular weight excluding hydrogens is 556 g/mol. The highest BCUT2D eigenvalue weighted by Crippen LogP contribution is 2.40. The van der Waals surface area contributed by atoms with Gasteiger partial charge in [-0.15, -0.1) is 0 Å². The highest BCUT2D eigenvalue weighted by molar-refractivity contribution is 6.01. The summed E-state index contributed by atoms with van der Waals surface area (Å²) in [4.78, 5) is 33.9. The van der Waals surface area contributed by atoms with Crippen molar-refractivity contribution < 1.29 is 19.1 Å². The number of nitrogens with zero attached hydrogens (tertiary/aromatic N) is 4. The number of nitrogens with two attached hydrogens (primary N) is 1. The number of aryl methyl sites for hydroxylation is 1. The Kier molecular flexibility index (Phi) is 6.68. The van der Waals surface area contributed by atoms with Crippen molar-refractivity contribution in [2.45, 2.75) is 50.7 Å². The lowest BCUT2D eigenvalue weighted by atomic mass is 10.1. The highest BCUT2D eigenvalue weighted by atomic mass is 16.5. The zero-order valence-electron chi connectivity index (χ0n) is 25.4. The molecule has 0 spiro atoms. The van der Waals surface area contributed by atoms with Crippen LogP contribution in [0.25, 0.3) is 33.5 Å². The van der Waals surface area contributed by atoms with Crippen molar-refractivity contribution in [3.05, 3.63) is 47.5 Å². The van der Waals surface area contributed by atoms with Gasteiger partial charge < -0.3 is 34.6 Å². The van der Waals surface area contributed by atoms with Gasteiger partial charge in [-0.25, -0.2) is 4.98 Å². The van der Waals surface area contributed by atoms with Gasteiger partial charge in [0, 0.05) is 73.3 Å². The van der Waals surface area contributed by atoms with E-state index in [1.54, 1.807) is 7.11 Å². The van der Waals surface area contributed by atoms with Crippen molar-refractivity contribution in [2.24, 2.45) is 30.5 Å². The average molecular weight is 597 g/mol. The van der Waals surface area contributed by atoms with Crippen molar-refractivity contribution in [1.29, 1.82) is 0 Å². The summed E-state index contributed by atoms with van der Waals surface area (Å²) in [6.45, 7) is 3.69. The summed E-state index contributed by atoms with van der Waals surface area (Å²) in [6, 6.07) is 12.0. The molecule has 8 rings (SSSR count). The van der Waals surface area contributed by atoms with Crippen LogP contribution in [0.3, 0.4) is 0 Å². The fourth-order valence-electron chi connectivity index (χ4n) is 7.69. The molecule has 4 heterocycles. The van der Waals surface area contributed by atoms with E-state index in [1.807, 2.05) is 42.3 Å². The fraction of sp³-hybridized carbons (Fsp3) is 0.500. The van der Waals surface area contributed by atoms with Gasteiger partial charge in [-0.3, -0.25) is 9.59 Å². The smallest absolute Gasteiger partial charge is 0.254 e. The van der Waals surface area contributed by atoms with E-state index in [2.05, 4.69) is 20.5 Å². The number of carbonyl (C=O) groups is 2. The Morgan fingerprint density at radius 1 is 1.07 bits per heavy atom. The minimum absolute atomic E-state index is 0.00540. The summed E-state index contributed by atoms with van der Waals surface area (Å²) in [5.41, 5.74) is 11.2. The number of hydrogen-bond donors (Lipinski definition) is 2. The zero-order valence-corrected chi connectivity index (χ0v) is 25.4. The Morgan fingerprint density at radius 2 is 1.93 bits per heavy atom. The number of fused-ring (bicyclic) bond motifs is 4. The molecule has 10 heteroatoms. The quantitative estimate of drug-likeness (QED) is 0.318. The third-order valence-electron chi connectivity index (χ3n) is 10.4. The van der Waals surface area contributed by atoms with E-state index < -0.39 is 0 Å². The molecule has 4 fully saturated rings. The number of piperidine rings is 1. The Bertz CT molecular complexity index is 1780. The summed E-state index contributed by atoms with van der Waals surface area (Å²) in [6.07, 6.45) is 5.45. The zero-order chi connectivity index (χ0) is 30.1. The minimum Gasteiger partial charge on any atom is -0.494 e. The molecule has 230 valence electrons. The van der Waals surface area contributed by atoms with Gasteiger partial charge in [0.1, 0.15) is 11.3 Å². The van der Waals surface area contributed by atoms with Crippen LogP contribution in [0.1, 0.15) is 52.8 Å². The van der Waals surface area contributed by atoms with Crippen LogP contribution < -0.4 is 15.8 Å². The summed E-state index contributed by atoms with van der Waals surface area (Å²) in [5.74, 6) is 2.73. The molecule has 2 saturated heterocycles. The molecule has 2 amide bonds. The van der Waals surface area contributed by atoms with Crippen molar-refractivity contribution in [3.8, 4) is 17.3 Å². The van der Waals surface area contributed by atoms with Gasteiger partial charge in [0.25, 0.3) is 11.8 Å². The van der Waals surface area contributed by atoms with E-state index in [0.29, 0.717) is 47.8 Å². The fourth-order valence-corrected chi connectivity index (χ4v) is 7.69. The topological polar surface area (TPSA) is 117 Å². The second-order valence-corrected chi connectivity index (χ2v) is 13.3. The van der Waals surface area contributed by atoms with Gasteiger partial charge in [-0.05, 0) is 74.3 Å². The first-order chi connectivity index (χ1) is 21.4. The number of carbonyl (C=O) groups excluding carboxylic acids is 2. The number of ether oxygens (including phenoxy) is 2. The molecule has 4 aliphatic rings. The molecular formula is C34H40N6O4. The first-order valence-electron chi connectivity index (χ1n) is 16.0. The van der Waals surface area contributed by atoms with Crippen molar-refractivity contribution in [1.82, 2.24) is 24.3 Å². The largest absolute Gasteiger partial charge is 0.494 e. The predicted molar refractivity (Wildman–Crippen MR) is 168 cm³/mol. The van der Waals surface area contributed by atoms with Crippen LogP contribution in [0.4, 0.5) is 0 Å². The van der Waals surface area contributed by atoms with Crippen LogP contribution in [0, 0.1) is 17.8 Å². The van der Waals surface area contributed by atoms with E-state index >= 15 is 0 Å². The van der Waals surface area contributed by atoms with E-state index in [0.717, 1.165) is 72.4 Å². The maximum Gasteiger partial charge on any atom is 0.254 e. The van der Waals surface area contributed by atoms with Gasteiger partial charge in [-0.2, -0.15) is 0 Å². The van der Waals surface area contributed by atoms with Gasteiger partial charge in [-0.1, -0.05) is 6.07 Å². The molecule has 4 atom stereocenters. The summed E-state index contributed by atoms with van der Waals surface area (Å²) < 4.78 is 15.7. The van der Waals surface area contributed by atoms with E-state index in [-0.39, 0.29) is 23.9 Å². The molecule has 2 aliphatic heterocycles.